The minimum atomic E-state index is -0.412. The maximum absolute atomic E-state index is 12.5. The molecule has 0 radical (unpaired) electrons. The van der Waals surface area contributed by atoms with Crippen LogP contribution in [-0.4, -0.2) is 54.0 Å². The number of carbonyl (C=O) groups is 1. The Kier molecular flexibility index (Phi) is 4.03. The summed E-state index contributed by atoms with van der Waals surface area (Å²) < 4.78 is 0. The first-order valence-corrected chi connectivity index (χ1v) is 7.56. The maximum Gasteiger partial charge on any atom is 0.239 e. The van der Waals surface area contributed by atoms with Crippen LogP contribution in [0, 0.1) is 0 Å². The van der Waals surface area contributed by atoms with E-state index >= 15 is 0 Å². The minimum absolute atomic E-state index is 0.111. The lowest BCUT2D eigenvalue weighted by Gasteiger charge is -2.38. The molecule has 1 aromatic carbocycles. The van der Waals surface area contributed by atoms with Crippen LogP contribution in [0.3, 0.4) is 0 Å². The van der Waals surface area contributed by atoms with Gasteiger partial charge in [0.25, 0.3) is 0 Å². The van der Waals surface area contributed by atoms with Gasteiger partial charge in [0.1, 0.15) is 0 Å². The molecule has 2 fully saturated rings. The zero-order chi connectivity index (χ0) is 13.9. The van der Waals surface area contributed by atoms with Crippen LogP contribution in [0.25, 0.3) is 0 Å². The molecule has 0 aliphatic carbocycles. The van der Waals surface area contributed by atoms with Crippen molar-refractivity contribution >= 4 is 5.91 Å². The molecule has 1 aromatic rings. The van der Waals surface area contributed by atoms with E-state index in [0.29, 0.717) is 12.5 Å². The summed E-state index contributed by atoms with van der Waals surface area (Å²) in [6.07, 6.45) is 3.12. The van der Waals surface area contributed by atoms with Crippen molar-refractivity contribution in [2.24, 2.45) is 5.73 Å². The second-order valence-electron chi connectivity index (χ2n) is 5.91. The second kappa shape index (κ2) is 5.94. The van der Waals surface area contributed by atoms with Crippen molar-refractivity contribution in [3.05, 3.63) is 35.9 Å². The third kappa shape index (κ3) is 2.86. The van der Waals surface area contributed by atoms with Gasteiger partial charge in [0.2, 0.25) is 5.91 Å². The summed E-state index contributed by atoms with van der Waals surface area (Å²) in [5.74, 6) is 0.111. The largest absolute Gasteiger partial charge is 0.338 e. The maximum atomic E-state index is 12.5. The molecule has 1 unspecified atom stereocenters. The van der Waals surface area contributed by atoms with Crippen LogP contribution >= 0.6 is 0 Å². The number of hydrogen-bond acceptors (Lipinski definition) is 3. The number of amides is 1. The Bertz CT molecular complexity index is 462. The van der Waals surface area contributed by atoms with Crippen molar-refractivity contribution in [2.75, 3.05) is 26.2 Å². The average Bonchev–Trinajstić information content (AvgIpc) is 2.94. The third-order valence-electron chi connectivity index (χ3n) is 4.51. The Balaban J connectivity index is 1.58. The number of carbonyl (C=O) groups excluding carboxylic acids is 1. The predicted molar refractivity (Wildman–Crippen MR) is 79.3 cm³/mol. The van der Waals surface area contributed by atoms with Crippen LogP contribution in [0.4, 0.5) is 0 Å². The summed E-state index contributed by atoms with van der Waals surface area (Å²) in [6, 6.07) is 10.2. The standard InChI is InChI=1S/C16H23N3O/c17-15(11-13-5-2-1-3-6-13)16(20)19-10-9-18-8-4-7-14(18)12-19/h1-3,5-6,14-15H,4,7-12,17H2/t14?,15-/m1/s1. The second-order valence-corrected chi connectivity index (χ2v) is 5.91. The smallest absolute Gasteiger partial charge is 0.239 e. The fraction of sp³-hybridized carbons (Fsp3) is 0.562. The molecule has 0 saturated carbocycles. The van der Waals surface area contributed by atoms with Gasteiger partial charge in [-0.05, 0) is 31.4 Å². The van der Waals surface area contributed by atoms with E-state index in [4.69, 9.17) is 5.73 Å². The highest BCUT2D eigenvalue weighted by Gasteiger charge is 2.33. The monoisotopic (exact) mass is 273 g/mol. The van der Waals surface area contributed by atoms with E-state index in [1.165, 1.54) is 19.4 Å². The number of rotatable bonds is 3. The van der Waals surface area contributed by atoms with Crippen LogP contribution < -0.4 is 5.73 Å². The Morgan fingerprint density at radius 3 is 2.85 bits per heavy atom. The van der Waals surface area contributed by atoms with Gasteiger partial charge in [-0.25, -0.2) is 0 Å². The summed E-state index contributed by atoms with van der Waals surface area (Å²) in [4.78, 5) is 17.0. The van der Waals surface area contributed by atoms with Crippen molar-refractivity contribution in [3.8, 4) is 0 Å². The highest BCUT2D eigenvalue weighted by molar-refractivity contribution is 5.82. The first-order chi connectivity index (χ1) is 9.74. The predicted octanol–water partition coefficient (Wildman–Crippen LogP) is 0.863. The average molecular weight is 273 g/mol. The Morgan fingerprint density at radius 2 is 2.05 bits per heavy atom. The van der Waals surface area contributed by atoms with Crippen molar-refractivity contribution in [2.45, 2.75) is 31.3 Å². The lowest BCUT2D eigenvalue weighted by molar-refractivity contribution is -0.135. The highest BCUT2D eigenvalue weighted by Crippen LogP contribution is 2.21. The molecule has 0 aromatic heterocycles. The molecule has 3 rings (SSSR count). The van der Waals surface area contributed by atoms with Crippen LogP contribution in [-0.2, 0) is 11.2 Å². The number of fused-ring (bicyclic) bond motifs is 1. The molecule has 20 heavy (non-hydrogen) atoms. The summed E-state index contributed by atoms with van der Waals surface area (Å²) >= 11 is 0. The zero-order valence-electron chi connectivity index (χ0n) is 11.9. The van der Waals surface area contributed by atoms with E-state index in [1.807, 2.05) is 35.2 Å². The van der Waals surface area contributed by atoms with Crippen molar-refractivity contribution < 1.29 is 4.79 Å². The Hall–Kier alpha value is -1.39. The van der Waals surface area contributed by atoms with Gasteiger partial charge in [-0.3, -0.25) is 9.69 Å². The summed E-state index contributed by atoms with van der Waals surface area (Å²) in [5, 5.41) is 0. The topological polar surface area (TPSA) is 49.6 Å². The molecule has 4 heteroatoms. The zero-order valence-corrected chi connectivity index (χ0v) is 11.9. The molecule has 2 atom stereocenters. The van der Waals surface area contributed by atoms with E-state index < -0.39 is 6.04 Å². The van der Waals surface area contributed by atoms with Gasteiger partial charge in [-0.15, -0.1) is 0 Å². The molecular formula is C16H23N3O. The molecule has 0 spiro atoms. The van der Waals surface area contributed by atoms with Crippen LogP contribution in [0.15, 0.2) is 30.3 Å². The minimum Gasteiger partial charge on any atom is -0.338 e. The fourth-order valence-electron chi connectivity index (χ4n) is 3.38. The van der Waals surface area contributed by atoms with Gasteiger partial charge < -0.3 is 10.6 Å². The van der Waals surface area contributed by atoms with Gasteiger partial charge in [0.05, 0.1) is 6.04 Å². The Labute approximate surface area is 120 Å². The summed E-state index contributed by atoms with van der Waals surface area (Å²) in [5.41, 5.74) is 7.24. The van der Waals surface area contributed by atoms with E-state index in [2.05, 4.69) is 4.90 Å². The molecule has 2 heterocycles. The third-order valence-corrected chi connectivity index (χ3v) is 4.51. The molecule has 2 aliphatic rings. The molecule has 2 aliphatic heterocycles. The molecule has 2 N–H and O–H groups in total. The van der Waals surface area contributed by atoms with E-state index in [9.17, 15) is 4.79 Å². The van der Waals surface area contributed by atoms with Crippen LogP contribution in [0.1, 0.15) is 18.4 Å². The van der Waals surface area contributed by atoms with Gasteiger partial charge in [0.15, 0.2) is 0 Å². The quantitative estimate of drug-likeness (QED) is 0.889. The number of benzene rings is 1. The number of nitrogens with zero attached hydrogens (tertiary/aromatic N) is 2. The van der Waals surface area contributed by atoms with Gasteiger partial charge >= 0.3 is 0 Å². The first kappa shape index (κ1) is 13.6. The van der Waals surface area contributed by atoms with E-state index in [1.54, 1.807) is 0 Å². The van der Waals surface area contributed by atoms with E-state index in [-0.39, 0.29) is 5.91 Å². The van der Waals surface area contributed by atoms with E-state index in [0.717, 1.165) is 25.2 Å². The molecule has 108 valence electrons. The molecule has 0 bridgehead atoms. The van der Waals surface area contributed by atoms with Crippen molar-refractivity contribution in [1.82, 2.24) is 9.80 Å². The van der Waals surface area contributed by atoms with Gasteiger partial charge in [-0.2, -0.15) is 0 Å². The number of nitrogens with two attached hydrogens (primary N) is 1. The summed E-state index contributed by atoms with van der Waals surface area (Å²) in [7, 11) is 0. The fourth-order valence-corrected chi connectivity index (χ4v) is 3.38. The highest BCUT2D eigenvalue weighted by atomic mass is 16.2. The van der Waals surface area contributed by atoms with Crippen molar-refractivity contribution in [3.63, 3.8) is 0 Å². The lowest BCUT2D eigenvalue weighted by atomic mass is 10.0. The molecule has 2 saturated heterocycles. The first-order valence-electron chi connectivity index (χ1n) is 7.56. The molecular weight excluding hydrogens is 250 g/mol. The molecule has 4 nitrogen and oxygen atoms in total. The van der Waals surface area contributed by atoms with Gasteiger partial charge in [0, 0.05) is 25.7 Å². The van der Waals surface area contributed by atoms with Crippen LogP contribution in [0.5, 0.6) is 0 Å². The lowest BCUT2D eigenvalue weighted by Crippen LogP contribution is -2.56. The van der Waals surface area contributed by atoms with Crippen molar-refractivity contribution in [1.29, 1.82) is 0 Å². The van der Waals surface area contributed by atoms with Gasteiger partial charge in [-0.1, -0.05) is 30.3 Å². The Morgan fingerprint density at radius 1 is 1.25 bits per heavy atom. The number of piperazine rings is 1. The normalized spacial score (nSPS) is 24.4. The SMILES string of the molecule is N[C@H](Cc1ccccc1)C(=O)N1CCN2CCCC2C1. The number of hydrogen-bond donors (Lipinski definition) is 1. The van der Waals surface area contributed by atoms with Crippen LogP contribution in [0.2, 0.25) is 0 Å². The molecule has 1 amide bonds. The summed E-state index contributed by atoms with van der Waals surface area (Å²) in [6.45, 7) is 3.90.